The molecule has 0 heterocycles. The van der Waals surface area contributed by atoms with E-state index in [4.69, 9.17) is 0 Å². The van der Waals surface area contributed by atoms with E-state index >= 15 is 0 Å². The molecular formula is C15H25FN2. The molecule has 0 fully saturated rings. The van der Waals surface area contributed by atoms with Crippen molar-refractivity contribution in [3.8, 4) is 0 Å². The zero-order valence-corrected chi connectivity index (χ0v) is 12.3. The molecule has 2 atom stereocenters. The Morgan fingerprint density at radius 2 is 1.78 bits per heavy atom. The molecule has 0 aromatic heterocycles. The highest BCUT2D eigenvalue weighted by molar-refractivity contribution is 5.55. The first-order chi connectivity index (χ1) is 8.38. The molecule has 0 spiro atoms. The van der Waals surface area contributed by atoms with E-state index in [2.05, 4.69) is 38.0 Å². The van der Waals surface area contributed by atoms with Gasteiger partial charge < -0.3 is 10.2 Å². The normalized spacial score (nSPS) is 14.7. The summed E-state index contributed by atoms with van der Waals surface area (Å²) < 4.78 is 13.4. The van der Waals surface area contributed by atoms with Crippen LogP contribution in [-0.4, -0.2) is 20.1 Å². The molecule has 18 heavy (non-hydrogen) atoms. The number of benzene rings is 1. The lowest BCUT2D eigenvalue weighted by molar-refractivity contribution is 0.502. The summed E-state index contributed by atoms with van der Waals surface area (Å²) >= 11 is 0. The monoisotopic (exact) mass is 252 g/mol. The fourth-order valence-corrected chi connectivity index (χ4v) is 2.02. The zero-order valence-electron chi connectivity index (χ0n) is 12.3. The molecule has 0 radical (unpaired) electrons. The molecule has 0 bridgehead atoms. The summed E-state index contributed by atoms with van der Waals surface area (Å²) in [6.45, 7) is 8.64. The van der Waals surface area contributed by atoms with Crippen LogP contribution in [-0.2, 0) is 0 Å². The lowest BCUT2D eigenvalue weighted by atomic mass is 10.0. The van der Waals surface area contributed by atoms with Crippen LogP contribution in [0.2, 0.25) is 0 Å². The van der Waals surface area contributed by atoms with Crippen molar-refractivity contribution >= 4 is 5.69 Å². The Morgan fingerprint density at radius 1 is 1.17 bits per heavy atom. The average molecular weight is 252 g/mol. The Hall–Kier alpha value is -1.09. The van der Waals surface area contributed by atoms with Crippen LogP contribution in [0.4, 0.5) is 10.1 Å². The maximum absolute atomic E-state index is 13.4. The Balaban J connectivity index is 3.15. The zero-order chi connectivity index (χ0) is 13.9. The Kier molecular flexibility index (Phi) is 5.15. The van der Waals surface area contributed by atoms with Crippen molar-refractivity contribution in [3.05, 3.63) is 29.6 Å². The van der Waals surface area contributed by atoms with Crippen molar-refractivity contribution in [1.29, 1.82) is 0 Å². The van der Waals surface area contributed by atoms with Gasteiger partial charge in [0.2, 0.25) is 0 Å². The number of halogens is 1. The smallest absolute Gasteiger partial charge is 0.123 e. The van der Waals surface area contributed by atoms with E-state index < -0.39 is 0 Å². The first kappa shape index (κ1) is 15.0. The predicted molar refractivity (Wildman–Crippen MR) is 76.6 cm³/mol. The summed E-state index contributed by atoms with van der Waals surface area (Å²) in [6, 6.07) is 5.58. The van der Waals surface area contributed by atoms with Crippen molar-refractivity contribution in [3.63, 3.8) is 0 Å². The van der Waals surface area contributed by atoms with Crippen LogP contribution < -0.4 is 10.2 Å². The van der Waals surface area contributed by atoms with Gasteiger partial charge in [-0.2, -0.15) is 0 Å². The van der Waals surface area contributed by atoms with Crippen molar-refractivity contribution < 1.29 is 4.39 Å². The van der Waals surface area contributed by atoms with Crippen LogP contribution in [0.3, 0.4) is 0 Å². The SMILES string of the molecule is CNC(C)c1cc(F)ccc1N(C)C(C)C(C)C. The van der Waals surface area contributed by atoms with Gasteiger partial charge in [0.25, 0.3) is 0 Å². The van der Waals surface area contributed by atoms with Crippen molar-refractivity contribution in [1.82, 2.24) is 5.32 Å². The van der Waals surface area contributed by atoms with Crippen LogP contribution in [0.25, 0.3) is 0 Å². The second-order valence-electron chi connectivity index (χ2n) is 5.31. The highest BCUT2D eigenvalue weighted by Gasteiger charge is 2.19. The number of hydrogen-bond donors (Lipinski definition) is 1. The summed E-state index contributed by atoms with van der Waals surface area (Å²) in [5, 5.41) is 3.18. The van der Waals surface area contributed by atoms with Gasteiger partial charge >= 0.3 is 0 Å². The van der Waals surface area contributed by atoms with Crippen LogP contribution in [0, 0.1) is 11.7 Å². The van der Waals surface area contributed by atoms with E-state index in [-0.39, 0.29) is 11.9 Å². The predicted octanol–water partition coefficient (Wildman–Crippen LogP) is 3.59. The minimum Gasteiger partial charge on any atom is -0.371 e. The Morgan fingerprint density at radius 3 is 2.28 bits per heavy atom. The van der Waals surface area contributed by atoms with Crippen LogP contribution in [0.1, 0.15) is 39.3 Å². The summed E-state index contributed by atoms with van der Waals surface area (Å²) in [5.41, 5.74) is 2.10. The third-order valence-corrected chi connectivity index (χ3v) is 3.84. The molecule has 1 rings (SSSR count). The van der Waals surface area contributed by atoms with E-state index in [1.165, 1.54) is 6.07 Å². The summed E-state index contributed by atoms with van der Waals surface area (Å²) in [5.74, 6) is 0.374. The van der Waals surface area contributed by atoms with Crippen molar-refractivity contribution in [2.45, 2.75) is 39.8 Å². The number of anilines is 1. The fraction of sp³-hybridized carbons (Fsp3) is 0.600. The first-order valence-electron chi connectivity index (χ1n) is 6.58. The van der Waals surface area contributed by atoms with Gasteiger partial charge in [0.05, 0.1) is 0 Å². The Labute approximate surface area is 110 Å². The third kappa shape index (κ3) is 3.22. The standard InChI is InChI=1S/C15H25FN2/c1-10(2)12(4)18(6)15-8-7-13(16)9-14(15)11(3)17-5/h7-12,17H,1-6H3. The van der Waals surface area contributed by atoms with E-state index in [0.29, 0.717) is 12.0 Å². The summed E-state index contributed by atoms with van der Waals surface area (Å²) in [7, 11) is 3.97. The maximum Gasteiger partial charge on any atom is 0.123 e. The number of nitrogens with one attached hydrogen (secondary N) is 1. The van der Waals surface area contributed by atoms with Gasteiger partial charge in [0.15, 0.2) is 0 Å². The molecule has 2 unspecified atom stereocenters. The van der Waals surface area contributed by atoms with E-state index in [1.807, 2.05) is 20.0 Å². The molecule has 2 nitrogen and oxygen atoms in total. The molecule has 0 saturated heterocycles. The second kappa shape index (κ2) is 6.19. The minimum absolute atomic E-state index is 0.137. The average Bonchev–Trinajstić information content (AvgIpc) is 2.35. The molecule has 0 amide bonds. The molecule has 0 aliphatic carbocycles. The maximum atomic E-state index is 13.4. The fourth-order valence-electron chi connectivity index (χ4n) is 2.02. The van der Waals surface area contributed by atoms with Gasteiger partial charge in [0.1, 0.15) is 5.82 Å². The molecule has 1 aromatic carbocycles. The molecule has 1 aromatic rings. The van der Waals surface area contributed by atoms with Crippen LogP contribution in [0.5, 0.6) is 0 Å². The van der Waals surface area contributed by atoms with E-state index in [9.17, 15) is 4.39 Å². The quantitative estimate of drug-likeness (QED) is 0.861. The van der Waals surface area contributed by atoms with Gasteiger partial charge in [-0.1, -0.05) is 13.8 Å². The largest absolute Gasteiger partial charge is 0.371 e. The van der Waals surface area contributed by atoms with E-state index in [1.54, 1.807) is 6.07 Å². The number of hydrogen-bond acceptors (Lipinski definition) is 2. The van der Waals surface area contributed by atoms with Crippen molar-refractivity contribution in [2.24, 2.45) is 5.92 Å². The lowest BCUT2D eigenvalue weighted by Gasteiger charge is -2.32. The third-order valence-electron chi connectivity index (χ3n) is 3.84. The molecule has 1 N–H and O–H groups in total. The second-order valence-corrected chi connectivity index (χ2v) is 5.31. The van der Waals surface area contributed by atoms with Crippen LogP contribution >= 0.6 is 0 Å². The topological polar surface area (TPSA) is 15.3 Å². The first-order valence-corrected chi connectivity index (χ1v) is 6.58. The van der Waals surface area contributed by atoms with Gasteiger partial charge in [-0.25, -0.2) is 4.39 Å². The summed E-state index contributed by atoms with van der Waals surface area (Å²) in [4.78, 5) is 2.23. The number of rotatable bonds is 5. The highest BCUT2D eigenvalue weighted by Crippen LogP contribution is 2.29. The minimum atomic E-state index is -0.179. The molecule has 102 valence electrons. The van der Waals surface area contributed by atoms with Gasteiger partial charge in [-0.3, -0.25) is 0 Å². The molecular weight excluding hydrogens is 227 g/mol. The highest BCUT2D eigenvalue weighted by atomic mass is 19.1. The number of nitrogens with zero attached hydrogens (tertiary/aromatic N) is 1. The molecule has 0 aliphatic rings. The summed E-state index contributed by atoms with van der Waals surface area (Å²) in [6.07, 6.45) is 0. The van der Waals surface area contributed by atoms with Gasteiger partial charge in [-0.05, 0) is 50.6 Å². The van der Waals surface area contributed by atoms with Gasteiger partial charge in [-0.15, -0.1) is 0 Å². The Bertz CT molecular complexity index is 390. The van der Waals surface area contributed by atoms with Crippen LogP contribution in [0.15, 0.2) is 18.2 Å². The van der Waals surface area contributed by atoms with Gasteiger partial charge in [0, 0.05) is 24.8 Å². The van der Waals surface area contributed by atoms with Crippen molar-refractivity contribution in [2.75, 3.05) is 19.0 Å². The lowest BCUT2D eigenvalue weighted by Crippen LogP contribution is -2.34. The van der Waals surface area contributed by atoms with E-state index in [0.717, 1.165) is 11.3 Å². The molecule has 0 saturated carbocycles. The molecule has 0 aliphatic heterocycles. The molecule has 3 heteroatoms.